The van der Waals surface area contributed by atoms with Crippen molar-refractivity contribution >= 4 is 17.1 Å². The first-order valence-corrected chi connectivity index (χ1v) is 18.8. The zero-order valence-corrected chi connectivity index (χ0v) is 28.3. The molecule has 4 rings (SSSR count). The molecule has 0 aromatic carbocycles. The highest BCUT2D eigenvalue weighted by atomic mass is 28.5. The first-order valence-electron chi connectivity index (χ1n) is 14.9. The molecule has 0 bridgehead atoms. The van der Waals surface area contributed by atoms with Gasteiger partial charge in [-0.3, -0.25) is 28.7 Å². The molecule has 2 unspecified atom stereocenters. The van der Waals surface area contributed by atoms with Crippen LogP contribution in [0.2, 0.25) is 22.2 Å². The summed E-state index contributed by atoms with van der Waals surface area (Å²) in [6.07, 6.45) is 0.756. The second-order valence-electron chi connectivity index (χ2n) is 13.0. The first kappa shape index (κ1) is 32.5. The third-order valence-corrected chi connectivity index (χ3v) is 19.0. The van der Waals surface area contributed by atoms with Crippen molar-refractivity contribution in [3.8, 4) is 0 Å². The molecular formula is C28H46N4O8Si2. The number of ether oxygens (including phenoxy) is 1. The highest BCUT2D eigenvalue weighted by Gasteiger charge is 2.62. The van der Waals surface area contributed by atoms with E-state index >= 15 is 0 Å². The van der Waals surface area contributed by atoms with Gasteiger partial charge in [-0.25, -0.2) is 9.59 Å². The van der Waals surface area contributed by atoms with Crippen LogP contribution in [-0.2, 0) is 24.2 Å². The third kappa shape index (κ3) is 5.76. The Bertz CT molecular complexity index is 1510. The van der Waals surface area contributed by atoms with E-state index < -0.39 is 64.2 Å². The lowest BCUT2D eigenvalue weighted by molar-refractivity contribution is -0.0978. The first-order chi connectivity index (χ1) is 19.5. The lowest BCUT2D eigenvalue weighted by atomic mass is 10.1. The molecule has 12 nitrogen and oxygen atoms in total. The van der Waals surface area contributed by atoms with Crippen LogP contribution in [0.5, 0.6) is 0 Å². The smallest absolute Gasteiger partial charge is 0.335 e. The topological polar surface area (TPSA) is 147 Å². The number of hydrogen-bond acceptors (Lipinski definition) is 8. The maximum absolute atomic E-state index is 12.9. The van der Waals surface area contributed by atoms with E-state index in [9.17, 15) is 19.2 Å². The summed E-state index contributed by atoms with van der Waals surface area (Å²) < 4.78 is 31.2. The van der Waals surface area contributed by atoms with Crippen LogP contribution in [0, 0.1) is 13.8 Å². The molecule has 4 atom stereocenters. The molecule has 2 N–H and O–H groups in total. The lowest BCUT2D eigenvalue weighted by Crippen LogP contribution is -2.67. The molecular weight excluding hydrogens is 577 g/mol. The fraction of sp³-hybridized carbons (Fsp3) is 0.714. The molecule has 2 aliphatic heterocycles. The van der Waals surface area contributed by atoms with Crippen molar-refractivity contribution in [1.29, 1.82) is 0 Å². The van der Waals surface area contributed by atoms with E-state index in [0.29, 0.717) is 17.5 Å². The van der Waals surface area contributed by atoms with Crippen LogP contribution in [0.1, 0.15) is 79.2 Å². The van der Waals surface area contributed by atoms with Crippen LogP contribution >= 0.6 is 0 Å². The average Bonchev–Trinajstić information content (AvgIpc) is 3.28. The summed E-state index contributed by atoms with van der Waals surface area (Å²) in [7, 11) is -6.06. The number of fused-ring (bicyclic) bond motifs is 1. The van der Waals surface area contributed by atoms with Gasteiger partial charge in [0.05, 0.1) is 18.8 Å². The molecule has 234 valence electrons. The summed E-state index contributed by atoms with van der Waals surface area (Å²) in [6.45, 7) is 20.3. The molecule has 14 heteroatoms. The second-order valence-corrected chi connectivity index (χ2v) is 21.8. The van der Waals surface area contributed by atoms with Crippen molar-refractivity contribution in [1.82, 2.24) is 19.1 Å². The molecule has 42 heavy (non-hydrogen) atoms. The Kier molecular flexibility index (Phi) is 9.27. The number of aryl methyl sites for hydroxylation is 2. The Balaban J connectivity index is 1.91. The largest absolute Gasteiger partial charge is 0.414 e. The van der Waals surface area contributed by atoms with E-state index in [1.165, 1.54) is 21.5 Å². The molecule has 0 radical (unpaired) electrons. The van der Waals surface area contributed by atoms with Crippen LogP contribution in [0.3, 0.4) is 0 Å². The summed E-state index contributed by atoms with van der Waals surface area (Å²) in [5.74, 6) is 0. The maximum Gasteiger partial charge on any atom is 0.335 e. The van der Waals surface area contributed by atoms with Gasteiger partial charge in [-0.15, -0.1) is 0 Å². The van der Waals surface area contributed by atoms with Crippen LogP contribution in [-0.4, -0.2) is 54.5 Å². The van der Waals surface area contributed by atoms with Crippen LogP contribution < -0.4 is 22.5 Å². The van der Waals surface area contributed by atoms with E-state index in [-0.39, 0.29) is 28.7 Å². The summed E-state index contributed by atoms with van der Waals surface area (Å²) in [5, 5.41) is 0. The SMILES string of the molecule is Cc1cn(C[C@H]2O[Si](C(C)C)(C(C)C)O[Si](C(C)C)(C(C)C)OC3C[C@H](n4cc(C)c(=O)[nH]c4=O)OC32)c(=O)[nH]c1=O. The van der Waals surface area contributed by atoms with Gasteiger partial charge in [0, 0.05) is 29.9 Å². The summed E-state index contributed by atoms with van der Waals surface area (Å²) in [4.78, 5) is 54.8. The molecule has 2 aromatic heterocycles. The van der Waals surface area contributed by atoms with Crippen molar-refractivity contribution in [2.45, 2.75) is 129 Å². The standard InChI is InChI=1S/C28H46N4O8Si2/c1-15(2)41(16(3)4)38-21-11-23(32-13-20(10)26(34)30-28(32)36)37-24(21)22(39-42(40-41,17(5)6)18(7)8)14-31-12-19(9)25(33)29-27(31)35/h12-13,15-18,21-24H,11,14H2,1-10H3,(H,29,33,35)(H,30,34,36)/t21?,22-,23-,24?/m1/s1. The number of hydrogen-bond donors (Lipinski definition) is 2. The Morgan fingerprint density at radius 1 is 0.786 bits per heavy atom. The second kappa shape index (κ2) is 12.0. The van der Waals surface area contributed by atoms with Gasteiger partial charge in [-0.1, -0.05) is 55.4 Å². The minimum Gasteiger partial charge on any atom is -0.414 e. The van der Waals surface area contributed by atoms with Crippen molar-refractivity contribution in [2.24, 2.45) is 0 Å². The maximum atomic E-state index is 12.9. The molecule has 0 saturated carbocycles. The van der Waals surface area contributed by atoms with E-state index in [2.05, 4.69) is 65.4 Å². The zero-order chi connectivity index (χ0) is 31.3. The van der Waals surface area contributed by atoms with Crippen molar-refractivity contribution in [3.05, 3.63) is 65.2 Å². The number of aromatic amines is 2. The van der Waals surface area contributed by atoms with Crippen LogP contribution in [0.25, 0.3) is 0 Å². The van der Waals surface area contributed by atoms with Gasteiger partial charge in [0.15, 0.2) is 0 Å². The number of nitrogens with one attached hydrogen (secondary N) is 2. The molecule has 0 amide bonds. The molecule has 2 fully saturated rings. The Hall–Kier alpha value is -2.37. The van der Waals surface area contributed by atoms with Crippen molar-refractivity contribution in [2.75, 3.05) is 0 Å². The van der Waals surface area contributed by atoms with Crippen LogP contribution in [0.4, 0.5) is 0 Å². The molecule has 2 saturated heterocycles. The van der Waals surface area contributed by atoms with Crippen LogP contribution in [0.15, 0.2) is 31.6 Å². The minimum absolute atomic E-state index is 0.0419. The number of H-pyrrole nitrogens is 2. The van der Waals surface area contributed by atoms with Crippen molar-refractivity contribution < 1.29 is 17.7 Å². The highest BCUT2D eigenvalue weighted by Crippen LogP contribution is 2.49. The lowest BCUT2D eigenvalue weighted by Gasteiger charge is -2.53. The molecule has 2 aromatic rings. The van der Waals surface area contributed by atoms with Gasteiger partial charge in [-0.2, -0.15) is 0 Å². The Morgan fingerprint density at radius 3 is 1.83 bits per heavy atom. The highest BCUT2D eigenvalue weighted by molar-refractivity contribution is 6.84. The number of aromatic nitrogens is 4. The molecule has 0 spiro atoms. The van der Waals surface area contributed by atoms with Crippen molar-refractivity contribution in [3.63, 3.8) is 0 Å². The Morgan fingerprint density at radius 2 is 1.29 bits per heavy atom. The molecule has 0 aliphatic carbocycles. The quantitative estimate of drug-likeness (QED) is 0.447. The van der Waals surface area contributed by atoms with Gasteiger partial charge < -0.3 is 17.7 Å². The van der Waals surface area contributed by atoms with E-state index in [4.69, 9.17) is 17.7 Å². The Labute approximate surface area is 247 Å². The molecule has 4 heterocycles. The number of nitrogens with zero attached hydrogens (tertiary/aromatic N) is 2. The summed E-state index contributed by atoms with van der Waals surface area (Å²) in [5.41, 5.74) is -0.978. The predicted molar refractivity (Wildman–Crippen MR) is 163 cm³/mol. The van der Waals surface area contributed by atoms with Gasteiger partial charge in [0.25, 0.3) is 11.1 Å². The fourth-order valence-electron chi connectivity index (χ4n) is 6.35. The normalized spacial score (nSPS) is 25.7. The molecule has 2 aliphatic rings. The summed E-state index contributed by atoms with van der Waals surface area (Å²) >= 11 is 0. The van der Waals surface area contributed by atoms with Gasteiger partial charge in [0.1, 0.15) is 12.3 Å². The number of rotatable bonds is 7. The zero-order valence-electron chi connectivity index (χ0n) is 26.3. The monoisotopic (exact) mass is 622 g/mol. The van der Waals surface area contributed by atoms with Gasteiger partial charge >= 0.3 is 28.5 Å². The van der Waals surface area contributed by atoms with Gasteiger partial charge in [-0.05, 0) is 36.0 Å². The minimum atomic E-state index is -3.07. The van der Waals surface area contributed by atoms with Gasteiger partial charge in [0.2, 0.25) is 0 Å². The van der Waals surface area contributed by atoms with E-state index in [1.807, 2.05) is 0 Å². The fourth-order valence-corrected chi connectivity index (χ4v) is 17.6. The summed E-state index contributed by atoms with van der Waals surface area (Å²) in [6, 6.07) is 0. The van der Waals surface area contributed by atoms with E-state index in [1.54, 1.807) is 13.8 Å². The predicted octanol–water partition coefficient (Wildman–Crippen LogP) is 3.32. The van der Waals surface area contributed by atoms with E-state index in [0.717, 1.165) is 0 Å². The average molecular weight is 623 g/mol. The third-order valence-electron chi connectivity index (χ3n) is 8.71.